The number of carbonyl (C=O) groups is 2. The second kappa shape index (κ2) is 3.77. The molecule has 74 valence electrons. The molecule has 2 N–H and O–H groups in total. The predicted molar refractivity (Wildman–Crippen MR) is 47.2 cm³/mol. The molecule has 1 atom stereocenters. The summed E-state index contributed by atoms with van der Waals surface area (Å²) in [5, 5.41) is 11.3. The van der Waals surface area contributed by atoms with Crippen LogP contribution in [0.3, 0.4) is 0 Å². The van der Waals surface area contributed by atoms with Crippen LogP contribution in [0.5, 0.6) is 0 Å². The molecule has 13 heavy (non-hydrogen) atoms. The summed E-state index contributed by atoms with van der Waals surface area (Å²) in [5.74, 6) is -0.486. The van der Waals surface area contributed by atoms with Gasteiger partial charge in [-0.25, -0.2) is 4.79 Å². The van der Waals surface area contributed by atoms with Crippen molar-refractivity contribution in [3.63, 3.8) is 0 Å². The minimum Gasteiger partial charge on any atom is -0.480 e. The average molecular weight is 185 g/mol. The molecule has 0 aromatic rings. The van der Waals surface area contributed by atoms with Gasteiger partial charge in [0.1, 0.15) is 5.54 Å². The van der Waals surface area contributed by atoms with Crippen molar-refractivity contribution in [2.45, 2.75) is 38.1 Å². The minimum absolute atomic E-state index is 0.465. The van der Waals surface area contributed by atoms with E-state index in [9.17, 15) is 9.59 Å². The highest BCUT2D eigenvalue weighted by molar-refractivity contribution is 5.80. The molecule has 4 nitrogen and oxygen atoms in total. The second-order valence-corrected chi connectivity index (χ2v) is 3.90. The molecule has 1 rings (SSSR count). The first-order valence-corrected chi connectivity index (χ1v) is 4.53. The largest absolute Gasteiger partial charge is 0.480 e. The third-order valence-electron chi connectivity index (χ3n) is 2.77. The molecule has 0 spiro atoms. The number of aliphatic carboxylic acids is 1. The molecule has 0 heterocycles. The Hall–Kier alpha value is -1.06. The number of carboxylic acids is 1. The lowest BCUT2D eigenvalue weighted by molar-refractivity contribution is -0.146. The van der Waals surface area contributed by atoms with E-state index in [4.69, 9.17) is 5.11 Å². The zero-order valence-electron chi connectivity index (χ0n) is 7.75. The Morgan fingerprint density at radius 3 is 2.62 bits per heavy atom. The summed E-state index contributed by atoms with van der Waals surface area (Å²) in [7, 11) is 0. The van der Waals surface area contributed by atoms with Crippen LogP contribution in [-0.2, 0) is 9.59 Å². The monoisotopic (exact) mass is 185 g/mol. The lowest BCUT2D eigenvalue weighted by Gasteiger charge is -2.33. The molecule has 1 unspecified atom stereocenters. The maximum Gasteiger partial charge on any atom is 0.329 e. The van der Waals surface area contributed by atoms with Crippen LogP contribution in [0, 0.1) is 5.92 Å². The van der Waals surface area contributed by atoms with E-state index in [2.05, 4.69) is 5.32 Å². The predicted octanol–water partition coefficient (Wildman–Crippen LogP) is 0.766. The smallest absolute Gasteiger partial charge is 0.329 e. The number of carboxylic acid groups (broad SMARTS) is 1. The van der Waals surface area contributed by atoms with Gasteiger partial charge in [-0.2, -0.15) is 0 Å². The number of carbonyl (C=O) groups excluding carboxylic acids is 1. The van der Waals surface area contributed by atoms with Crippen molar-refractivity contribution in [2.24, 2.45) is 5.92 Å². The fourth-order valence-corrected chi connectivity index (χ4v) is 1.61. The van der Waals surface area contributed by atoms with E-state index >= 15 is 0 Å². The number of rotatable bonds is 5. The summed E-state index contributed by atoms with van der Waals surface area (Å²) in [4.78, 5) is 21.1. The summed E-state index contributed by atoms with van der Waals surface area (Å²) in [5.41, 5.74) is -1.08. The Labute approximate surface area is 77.3 Å². The zero-order valence-corrected chi connectivity index (χ0v) is 7.75. The van der Waals surface area contributed by atoms with Crippen LogP contribution in [0.1, 0.15) is 32.6 Å². The highest BCUT2D eigenvalue weighted by Crippen LogP contribution is 2.33. The summed E-state index contributed by atoms with van der Waals surface area (Å²) in [6.07, 6.45) is 4.36. The SMILES string of the molecule is CC(CC1CCC1)(NC=O)C(=O)O. The summed E-state index contributed by atoms with van der Waals surface area (Å²) in [6, 6.07) is 0. The van der Waals surface area contributed by atoms with Crippen LogP contribution in [0.4, 0.5) is 0 Å². The lowest BCUT2D eigenvalue weighted by atomic mass is 9.76. The molecule has 1 amide bonds. The molecular formula is C9H15NO3. The molecule has 0 saturated heterocycles. The van der Waals surface area contributed by atoms with E-state index in [1.807, 2.05) is 0 Å². The van der Waals surface area contributed by atoms with Gasteiger partial charge in [0.2, 0.25) is 6.41 Å². The van der Waals surface area contributed by atoms with Gasteiger partial charge in [-0.15, -0.1) is 0 Å². The molecule has 4 heteroatoms. The molecule has 0 radical (unpaired) electrons. The standard InChI is InChI=1S/C9H15NO3/c1-9(8(12)13,10-6-11)5-7-3-2-4-7/h6-7H,2-5H2,1H3,(H,10,11)(H,12,13). The van der Waals surface area contributed by atoms with Crippen LogP contribution in [0.15, 0.2) is 0 Å². The number of hydrogen-bond donors (Lipinski definition) is 2. The van der Waals surface area contributed by atoms with E-state index in [0.29, 0.717) is 18.7 Å². The van der Waals surface area contributed by atoms with Gasteiger partial charge in [0.25, 0.3) is 0 Å². The van der Waals surface area contributed by atoms with Gasteiger partial charge in [0, 0.05) is 0 Å². The maximum atomic E-state index is 10.9. The van der Waals surface area contributed by atoms with Crippen molar-refractivity contribution < 1.29 is 14.7 Å². The van der Waals surface area contributed by atoms with Gasteiger partial charge in [-0.3, -0.25) is 4.79 Å². The molecule has 1 aliphatic carbocycles. The van der Waals surface area contributed by atoms with Crippen molar-refractivity contribution in [1.82, 2.24) is 5.32 Å². The average Bonchev–Trinajstić information content (AvgIpc) is 1.97. The van der Waals surface area contributed by atoms with Gasteiger partial charge in [0.05, 0.1) is 0 Å². The van der Waals surface area contributed by atoms with E-state index in [0.717, 1.165) is 12.8 Å². The van der Waals surface area contributed by atoms with E-state index in [-0.39, 0.29) is 0 Å². The Balaban J connectivity index is 2.53. The van der Waals surface area contributed by atoms with Crippen LogP contribution >= 0.6 is 0 Å². The first kappa shape index (κ1) is 10.0. The van der Waals surface area contributed by atoms with Crippen molar-refractivity contribution in [1.29, 1.82) is 0 Å². The molecular weight excluding hydrogens is 170 g/mol. The molecule has 1 aliphatic rings. The number of nitrogens with one attached hydrogen (secondary N) is 1. The second-order valence-electron chi connectivity index (χ2n) is 3.90. The molecule has 0 bridgehead atoms. The van der Waals surface area contributed by atoms with Crippen molar-refractivity contribution in [3.05, 3.63) is 0 Å². The number of amides is 1. The minimum atomic E-state index is -1.08. The fourth-order valence-electron chi connectivity index (χ4n) is 1.61. The van der Waals surface area contributed by atoms with Crippen molar-refractivity contribution in [2.75, 3.05) is 0 Å². The summed E-state index contributed by atoms with van der Waals surface area (Å²) < 4.78 is 0. The van der Waals surface area contributed by atoms with Crippen LogP contribution in [0.25, 0.3) is 0 Å². The normalized spacial score (nSPS) is 21.3. The van der Waals surface area contributed by atoms with Gasteiger partial charge >= 0.3 is 5.97 Å². The molecule has 0 aliphatic heterocycles. The third kappa shape index (κ3) is 2.20. The van der Waals surface area contributed by atoms with Crippen LogP contribution < -0.4 is 5.32 Å². The first-order valence-electron chi connectivity index (χ1n) is 4.53. The Morgan fingerprint density at radius 2 is 2.31 bits per heavy atom. The molecule has 1 saturated carbocycles. The topological polar surface area (TPSA) is 66.4 Å². The maximum absolute atomic E-state index is 10.9. The lowest BCUT2D eigenvalue weighted by Crippen LogP contribution is -2.50. The van der Waals surface area contributed by atoms with Gasteiger partial charge in [0.15, 0.2) is 0 Å². The summed E-state index contributed by atoms with van der Waals surface area (Å²) in [6.45, 7) is 1.56. The van der Waals surface area contributed by atoms with Crippen LogP contribution in [0.2, 0.25) is 0 Å². The van der Waals surface area contributed by atoms with E-state index < -0.39 is 11.5 Å². The van der Waals surface area contributed by atoms with Crippen molar-refractivity contribution in [3.8, 4) is 0 Å². The zero-order chi connectivity index (χ0) is 9.90. The molecule has 1 fully saturated rings. The first-order chi connectivity index (χ1) is 6.08. The summed E-state index contributed by atoms with van der Waals surface area (Å²) >= 11 is 0. The molecule has 0 aromatic carbocycles. The van der Waals surface area contributed by atoms with E-state index in [1.165, 1.54) is 6.42 Å². The fraction of sp³-hybridized carbons (Fsp3) is 0.778. The Bertz CT molecular complexity index is 213. The van der Waals surface area contributed by atoms with Crippen LogP contribution in [-0.4, -0.2) is 23.0 Å². The molecule has 0 aromatic heterocycles. The Kier molecular flexibility index (Phi) is 2.90. The van der Waals surface area contributed by atoms with E-state index in [1.54, 1.807) is 6.92 Å². The number of hydrogen-bond acceptors (Lipinski definition) is 2. The highest BCUT2D eigenvalue weighted by atomic mass is 16.4. The van der Waals surface area contributed by atoms with Gasteiger partial charge in [-0.1, -0.05) is 19.3 Å². The third-order valence-corrected chi connectivity index (χ3v) is 2.77. The van der Waals surface area contributed by atoms with Crippen molar-refractivity contribution >= 4 is 12.4 Å². The van der Waals surface area contributed by atoms with Gasteiger partial charge in [-0.05, 0) is 19.3 Å². The quantitative estimate of drug-likeness (QED) is 0.621. The highest BCUT2D eigenvalue weighted by Gasteiger charge is 2.36. The van der Waals surface area contributed by atoms with Gasteiger partial charge < -0.3 is 10.4 Å². The Morgan fingerprint density at radius 1 is 1.69 bits per heavy atom.